The van der Waals surface area contributed by atoms with Crippen LogP contribution in [0.3, 0.4) is 0 Å². The van der Waals surface area contributed by atoms with Crippen molar-refractivity contribution in [3.05, 3.63) is 75.1 Å². The van der Waals surface area contributed by atoms with Crippen molar-refractivity contribution in [2.75, 3.05) is 5.32 Å². The van der Waals surface area contributed by atoms with Crippen molar-refractivity contribution < 1.29 is 9.21 Å². The Hall–Kier alpha value is -2.88. The highest BCUT2D eigenvalue weighted by atomic mass is 16.4. The van der Waals surface area contributed by atoms with E-state index in [0.29, 0.717) is 11.3 Å². The van der Waals surface area contributed by atoms with Gasteiger partial charge >= 0.3 is 5.63 Å². The van der Waals surface area contributed by atoms with Crippen LogP contribution in [0.5, 0.6) is 0 Å². The fourth-order valence-corrected chi connectivity index (χ4v) is 2.54. The van der Waals surface area contributed by atoms with Gasteiger partial charge in [0.1, 0.15) is 11.1 Å². The van der Waals surface area contributed by atoms with Gasteiger partial charge in [0.25, 0.3) is 5.91 Å². The molecule has 0 bridgehead atoms. The summed E-state index contributed by atoms with van der Waals surface area (Å²) in [7, 11) is 0. The molecule has 0 aliphatic heterocycles. The van der Waals surface area contributed by atoms with Crippen LogP contribution in [0.1, 0.15) is 27.0 Å². The molecule has 0 unspecified atom stereocenters. The Morgan fingerprint density at radius 2 is 1.65 bits per heavy atom. The molecule has 1 heterocycles. The minimum atomic E-state index is -0.636. The molecule has 1 aromatic heterocycles. The molecule has 4 nitrogen and oxygen atoms in total. The van der Waals surface area contributed by atoms with Gasteiger partial charge in [-0.05, 0) is 50.6 Å². The first kappa shape index (κ1) is 15.0. The Morgan fingerprint density at radius 3 is 2.39 bits per heavy atom. The molecule has 2 aromatic carbocycles. The maximum atomic E-state index is 12.4. The number of hydrogen-bond donors (Lipinski definition) is 1. The Morgan fingerprint density at radius 1 is 0.957 bits per heavy atom. The summed E-state index contributed by atoms with van der Waals surface area (Å²) in [4.78, 5) is 24.5. The van der Waals surface area contributed by atoms with Crippen LogP contribution in [0.25, 0.3) is 11.0 Å². The topological polar surface area (TPSA) is 59.3 Å². The Labute approximate surface area is 133 Å². The van der Waals surface area contributed by atoms with Gasteiger partial charge < -0.3 is 9.73 Å². The second-order valence-electron chi connectivity index (χ2n) is 5.76. The summed E-state index contributed by atoms with van der Waals surface area (Å²) >= 11 is 0. The summed E-state index contributed by atoms with van der Waals surface area (Å²) in [5.41, 5.74) is 3.62. The van der Waals surface area contributed by atoms with Crippen molar-refractivity contribution in [3.8, 4) is 0 Å². The smallest absolute Gasteiger partial charge is 0.349 e. The molecule has 0 saturated carbocycles. The second-order valence-corrected chi connectivity index (χ2v) is 5.76. The molecule has 1 N–H and O–H groups in total. The largest absolute Gasteiger partial charge is 0.422 e. The summed E-state index contributed by atoms with van der Waals surface area (Å²) in [5.74, 6) is -0.464. The average molecular weight is 307 g/mol. The van der Waals surface area contributed by atoms with Crippen molar-refractivity contribution >= 4 is 22.6 Å². The Balaban J connectivity index is 2.00. The van der Waals surface area contributed by atoms with E-state index in [4.69, 9.17) is 4.42 Å². The zero-order valence-corrected chi connectivity index (χ0v) is 13.3. The van der Waals surface area contributed by atoms with Crippen LogP contribution in [0.2, 0.25) is 0 Å². The molecule has 0 radical (unpaired) electrons. The molecule has 0 spiro atoms. The molecule has 0 aliphatic carbocycles. The Bertz CT molecular complexity index is 970. The van der Waals surface area contributed by atoms with E-state index in [2.05, 4.69) is 5.32 Å². The SMILES string of the molecule is Cc1ccc(NC(=O)c2cc3cc(C)ccc3oc2=O)c(C)c1. The molecule has 3 rings (SSSR count). The average Bonchev–Trinajstić information content (AvgIpc) is 2.49. The van der Waals surface area contributed by atoms with Crippen LogP contribution in [0.4, 0.5) is 5.69 Å². The van der Waals surface area contributed by atoms with Gasteiger partial charge in [0.05, 0.1) is 0 Å². The van der Waals surface area contributed by atoms with Crippen LogP contribution in [0, 0.1) is 20.8 Å². The fraction of sp³-hybridized carbons (Fsp3) is 0.158. The number of amides is 1. The molecule has 23 heavy (non-hydrogen) atoms. The van der Waals surface area contributed by atoms with E-state index in [9.17, 15) is 9.59 Å². The summed E-state index contributed by atoms with van der Waals surface area (Å²) < 4.78 is 5.24. The van der Waals surface area contributed by atoms with Gasteiger partial charge in [-0.2, -0.15) is 0 Å². The predicted octanol–water partition coefficient (Wildman–Crippen LogP) is 3.97. The highest BCUT2D eigenvalue weighted by Gasteiger charge is 2.15. The third kappa shape index (κ3) is 3.01. The molecule has 0 fully saturated rings. The zero-order chi connectivity index (χ0) is 16.6. The highest BCUT2D eigenvalue weighted by molar-refractivity contribution is 6.05. The fourth-order valence-electron chi connectivity index (χ4n) is 2.54. The summed E-state index contributed by atoms with van der Waals surface area (Å²) in [5, 5.41) is 3.51. The molecular weight excluding hydrogens is 290 g/mol. The molecular formula is C19H17NO3. The maximum Gasteiger partial charge on any atom is 0.349 e. The minimum absolute atomic E-state index is 0.00285. The molecule has 0 aliphatic rings. The van der Waals surface area contributed by atoms with E-state index in [-0.39, 0.29) is 5.56 Å². The number of carbonyl (C=O) groups excluding carboxylic acids is 1. The van der Waals surface area contributed by atoms with Crippen molar-refractivity contribution in [3.63, 3.8) is 0 Å². The highest BCUT2D eigenvalue weighted by Crippen LogP contribution is 2.19. The zero-order valence-electron chi connectivity index (χ0n) is 13.3. The summed E-state index contributed by atoms with van der Waals surface area (Å²) in [6, 6.07) is 12.8. The molecule has 4 heteroatoms. The van der Waals surface area contributed by atoms with E-state index in [1.54, 1.807) is 12.1 Å². The molecule has 1 amide bonds. The molecule has 0 atom stereocenters. The lowest BCUT2D eigenvalue weighted by atomic mass is 10.1. The Kier molecular flexibility index (Phi) is 3.74. The number of rotatable bonds is 2. The van der Waals surface area contributed by atoms with Gasteiger partial charge in [-0.3, -0.25) is 4.79 Å². The predicted molar refractivity (Wildman–Crippen MR) is 91.1 cm³/mol. The normalized spacial score (nSPS) is 10.7. The van der Waals surface area contributed by atoms with E-state index >= 15 is 0 Å². The minimum Gasteiger partial charge on any atom is -0.422 e. The first-order valence-electron chi connectivity index (χ1n) is 7.37. The van der Waals surface area contributed by atoms with E-state index in [0.717, 1.165) is 22.1 Å². The van der Waals surface area contributed by atoms with Gasteiger partial charge in [-0.25, -0.2) is 4.79 Å². The van der Waals surface area contributed by atoms with Crippen LogP contribution < -0.4 is 10.9 Å². The lowest BCUT2D eigenvalue weighted by Crippen LogP contribution is -2.21. The van der Waals surface area contributed by atoms with Gasteiger partial charge in [0.15, 0.2) is 0 Å². The van der Waals surface area contributed by atoms with Crippen molar-refractivity contribution in [2.24, 2.45) is 0 Å². The third-order valence-electron chi connectivity index (χ3n) is 3.76. The van der Waals surface area contributed by atoms with Gasteiger partial charge in [0, 0.05) is 11.1 Å². The first-order valence-corrected chi connectivity index (χ1v) is 7.37. The van der Waals surface area contributed by atoms with Crippen LogP contribution in [-0.4, -0.2) is 5.91 Å². The quantitative estimate of drug-likeness (QED) is 0.729. The summed E-state index contributed by atoms with van der Waals surface area (Å²) in [6.07, 6.45) is 0. The van der Waals surface area contributed by atoms with Gasteiger partial charge in [0.2, 0.25) is 0 Å². The lowest BCUT2D eigenvalue weighted by molar-refractivity contribution is 0.102. The number of nitrogens with one attached hydrogen (secondary N) is 1. The standard InChI is InChI=1S/C19H17NO3/c1-11-4-6-16(13(3)8-11)20-18(21)15-10-14-9-12(2)5-7-17(14)23-19(15)22/h4-10H,1-3H3,(H,20,21). The number of carbonyl (C=O) groups is 1. The first-order chi connectivity index (χ1) is 10.9. The lowest BCUT2D eigenvalue weighted by Gasteiger charge is -2.09. The number of hydrogen-bond acceptors (Lipinski definition) is 3. The third-order valence-corrected chi connectivity index (χ3v) is 3.76. The van der Waals surface area contributed by atoms with Crippen LogP contribution in [0.15, 0.2) is 51.7 Å². The van der Waals surface area contributed by atoms with E-state index in [1.807, 2.05) is 51.1 Å². The van der Waals surface area contributed by atoms with Crippen molar-refractivity contribution in [1.82, 2.24) is 0 Å². The van der Waals surface area contributed by atoms with Crippen molar-refractivity contribution in [1.29, 1.82) is 0 Å². The molecule has 3 aromatic rings. The number of fused-ring (bicyclic) bond motifs is 1. The monoisotopic (exact) mass is 307 g/mol. The second kappa shape index (κ2) is 5.72. The van der Waals surface area contributed by atoms with Gasteiger partial charge in [-0.1, -0.05) is 29.3 Å². The van der Waals surface area contributed by atoms with Crippen LogP contribution in [-0.2, 0) is 0 Å². The van der Waals surface area contributed by atoms with Crippen LogP contribution >= 0.6 is 0 Å². The summed E-state index contributed by atoms with van der Waals surface area (Å²) in [6.45, 7) is 5.84. The molecule has 0 saturated heterocycles. The number of anilines is 1. The van der Waals surface area contributed by atoms with E-state index in [1.165, 1.54) is 0 Å². The van der Waals surface area contributed by atoms with Crippen molar-refractivity contribution in [2.45, 2.75) is 20.8 Å². The number of aryl methyl sites for hydroxylation is 3. The van der Waals surface area contributed by atoms with E-state index < -0.39 is 11.5 Å². The van der Waals surface area contributed by atoms with Gasteiger partial charge in [-0.15, -0.1) is 0 Å². The maximum absolute atomic E-state index is 12.4. The number of benzene rings is 2. The molecule has 116 valence electrons.